The fourth-order valence-corrected chi connectivity index (χ4v) is 8.85. The molecule has 0 amide bonds. The van der Waals surface area contributed by atoms with E-state index in [2.05, 4.69) is 57.8 Å². The Morgan fingerprint density at radius 2 is 1.79 bits per heavy atom. The number of pyridine rings is 1. The second kappa shape index (κ2) is 9.52. The topological polar surface area (TPSA) is 88.0 Å². The van der Waals surface area contributed by atoms with E-state index in [1.165, 1.54) is 31.4 Å². The zero-order valence-electron chi connectivity index (χ0n) is 23.7. The van der Waals surface area contributed by atoms with Crippen molar-refractivity contribution >= 4 is 41.7 Å². The number of fused-ring (bicyclic) bond motifs is 1. The Balaban J connectivity index is 1.21. The lowest BCUT2D eigenvalue weighted by Crippen LogP contribution is -2.54. The molecule has 42 heavy (non-hydrogen) atoms. The summed E-state index contributed by atoms with van der Waals surface area (Å²) in [7, 11) is 2.08. The van der Waals surface area contributed by atoms with E-state index in [9.17, 15) is 9.65 Å². The van der Waals surface area contributed by atoms with Crippen LogP contribution in [0.25, 0.3) is 10.9 Å². The number of nitrogens with zero attached hydrogens (tertiary/aromatic N) is 3. The lowest BCUT2D eigenvalue weighted by molar-refractivity contribution is 0.0107. The molecule has 2 aromatic carbocycles. The second-order valence-corrected chi connectivity index (χ2v) is 13.9. The van der Waals surface area contributed by atoms with Crippen LogP contribution in [0.15, 0.2) is 54.5 Å². The van der Waals surface area contributed by atoms with Crippen LogP contribution < -0.4 is 21.6 Å². The molecule has 5 aliphatic carbocycles. The molecule has 4 bridgehead atoms. The van der Waals surface area contributed by atoms with E-state index in [1.807, 2.05) is 18.2 Å². The van der Waals surface area contributed by atoms with Crippen molar-refractivity contribution in [2.24, 2.45) is 17.8 Å². The fraction of sp³-hybridized carbons (Fsp3) is 0.438. The quantitative estimate of drug-likeness (QED) is 0.274. The molecule has 214 valence electrons. The predicted molar refractivity (Wildman–Crippen MR) is 165 cm³/mol. The van der Waals surface area contributed by atoms with Crippen LogP contribution in [-0.4, -0.2) is 29.4 Å². The highest BCUT2D eigenvalue weighted by atomic mass is 35.5. The van der Waals surface area contributed by atoms with Gasteiger partial charge in [-0.2, -0.15) is 5.26 Å². The highest BCUT2D eigenvalue weighted by Crippen LogP contribution is 2.57. The van der Waals surface area contributed by atoms with Gasteiger partial charge in [0, 0.05) is 35.1 Å². The number of hydrazine groups is 2. The van der Waals surface area contributed by atoms with Crippen LogP contribution >= 0.6 is 11.6 Å². The Hall–Kier alpha value is -3.48. The number of nitriles is 1. The van der Waals surface area contributed by atoms with Crippen LogP contribution in [0, 0.1) is 34.9 Å². The average Bonchev–Trinajstić information content (AvgIpc) is 3.68. The van der Waals surface area contributed by atoms with Gasteiger partial charge in [-0.1, -0.05) is 23.7 Å². The molecule has 0 spiro atoms. The molecule has 6 aliphatic rings. The standard InChI is InChI=1S/C32H34BClFN7/c33-32(22-1-3-23(35)4-2-22,28-17-42(41-40-28)25-5-6-25)38-24-10-26-29(21(15-36)16-37-30(26)27(34)11-24)39-31-12-18-7-19(13-31)9-20(8-18)14-31/h1-4,10-11,16-20,25,38,40-41H,5-9,12-14,33H2,(H,37,39). The molecule has 9 rings (SSSR count). The van der Waals surface area contributed by atoms with Gasteiger partial charge >= 0.3 is 0 Å². The van der Waals surface area contributed by atoms with Gasteiger partial charge < -0.3 is 16.1 Å². The van der Waals surface area contributed by atoms with E-state index in [4.69, 9.17) is 11.6 Å². The first-order valence-electron chi connectivity index (χ1n) is 15.2. The summed E-state index contributed by atoms with van der Waals surface area (Å²) in [6.07, 6.45) is 13.6. The lowest BCUT2D eigenvalue weighted by Gasteiger charge is -2.57. The number of halogens is 2. The highest BCUT2D eigenvalue weighted by molar-refractivity contribution is 6.36. The third kappa shape index (κ3) is 4.39. The van der Waals surface area contributed by atoms with Crippen LogP contribution in [0.1, 0.15) is 62.5 Å². The van der Waals surface area contributed by atoms with Gasteiger partial charge in [-0.05, 0) is 98.9 Å². The molecule has 5 fully saturated rings. The minimum Gasteiger partial charge on any atom is -0.378 e. The summed E-state index contributed by atoms with van der Waals surface area (Å²) in [4.78, 5) is 4.62. The van der Waals surface area contributed by atoms with Crippen LogP contribution in [0.2, 0.25) is 5.02 Å². The number of hydrogen-bond donors (Lipinski definition) is 4. The molecule has 3 aromatic rings. The van der Waals surface area contributed by atoms with E-state index in [1.54, 1.807) is 6.20 Å². The monoisotopic (exact) mass is 581 g/mol. The van der Waals surface area contributed by atoms with Gasteiger partial charge in [-0.25, -0.2) is 4.39 Å². The van der Waals surface area contributed by atoms with Crippen molar-refractivity contribution in [3.63, 3.8) is 0 Å². The molecule has 1 atom stereocenters. The highest BCUT2D eigenvalue weighted by Gasteiger charge is 2.51. The van der Waals surface area contributed by atoms with Crippen molar-refractivity contribution in [1.29, 1.82) is 5.26 Å². The Kier molecular flexibility index (Phi) is 5.93. The molecule has 0 saturated heterocycles. The Morgan fingerprint density at radius 3 is 2.43 bits per heavy atom. The summed E-state index contributed by atoms with van der Waals surface area (Å²) in [6.45, 7) is 0. The van der Waals surface area contributed by atoms with E-state index in [0.29, 0.717) is 22.1 Å². The molecule has 0 radical (unpaired) electrons. The van der Waals surface area contributed by atoms with Crippen LogP contribution in [0.3, 0.4) is 0 Å². The van der Waals surface area contributed by atoms with Crippen molar-refractivity contribution in [2.45, 2.75) is 68.4 Å². The van der Waals surface area contributed by atoms with Crippen molar-refractivity contribution in [2.75, 3.05) is 10.6 Å². The van der Waals surface area contributed by atoms with E-state index in [0.717, 1.165) is 77.9 Å². The summed E-state index contributed by atoms with van der Waals surface area (Å²) in [5.41, 5.74) is 10.5. The molecule has 2 heterocycles. The minimum absolute atomic E-state index is 0.0175. The Morgan fingerprint density at radius 1 is 1.10 bits per heavy atom. The summed E-state index contributed by atoms with van der Waals surface area (Å²) in [5.74, 6) is 2.04. The predicted octanol–water partition coefficient (Wildman–Crippen LogP) is 5.51. The summed E-state index contributed by atoms with van der Waals surface area (Å²) in [5, 5.41) is 21.3. The first kappa shape index (κ1) is 26.2. The molecular weight excluding hydrogens is 548 g/mol. The van der Waals surface area contributed by atoms with Crippen molar-refractivity contribution in [3.8, 4) is 6.07 Å². The Labute approximate surface area is 251 Å². The molecule has 5 saturated carbocycles. The fourth-order valence-electron chi connectivity index (χ4n) is 8.58. The maximum absolute atomic E-state index is 14.0. The third-order valence-corrected chi connectivity index (χ3v) is 10.6. The first-order chi connectivity index (χ1) is 20.3. The van der Waals surface area contributed by atoms with Crippen molar-refractivity contribution < 1.29 is 4.39 Å². The molecule has 4 N–H and O–H groups in total. The number of anilines is 2. The van der Waals surface area contributed by atoms with Crippen LogP contribution in [0.4, 0.5) is 15.8 Å². The zero-order chi connectivity index (χ0) is 28.6. The molecule has 10 heteroatoms. The molecular formula is C32H34BClFN7. The molecule has 1 unspecified atom stereocenters. The number of benzene rings is 2. The second-order valence-electron chi connectivity index (χ2n) is 13.5. The number of nitrogens with one attached hydrogen (secondary N) is 4. The molecule has 1 aromatic heterocycles. The molecule has 7 nitrogen and oxygen atoms in total. The van der Waals surface area contributed by atoms with E-state index in [-0.39, 0.29) is 11.4 Å². The van der Waals surface area contributed by atoms with Gasteiger partial charge in [0.25, 0.3) is 0 Å². The van der Waals surface area contributed by atoms with Gasteiger partial charge in [0.05, 0.1) is 32.9 Å². The Bertz CT molecular complexity index is 1610. The van der Waals surface area contributed by atoms with Gasteiger partial charge in [0.1, 0.15) is 19.7 Å². The smallest absolute Gasteiger partial charge is 0.148 e. The minimum atomic E-state index is -0.741. The number of rotatable bonds is 7. The van der Waals surface area contributed by atoms with Crippen LogP contribution in [-0.2, 0) is 5.44 Å². The zero-order valence-corrected chi connectivity index (χ0v) is 24.4. The normalized spacial score (nSPS) is 29.1. The largest absolute Gasteiger partial charge is 0.378 e. The van der Waals surface area contributed by atoms with Crippen LogP contribution in [0.5, 0.6) is 0 Å². The van der Waals surface area contributed by atoms with Crippen molar-refractivity contribution in [1.82, 2.24) is 21.0 Å². The maximum atomic E-state index is 14.0. The maximum Gasteiger partial charge on any atom is 0.148 e. The summed E-state index contributed by atoms with van der Waals surface area (Å²) in [6, 6.07) is 13.4. The van der Waals surface area contributed by atoms with Crippen molar-refractivity contribution in [3.05, 3.63) is 76.5 Å². The average molecular weight is 582 g/mol. The lowest BCUT2D eigenvalue weighted by atomic mass is 9.53. The van der Waals surface area contributed by atoms with E-state index >= 15 is 0 Å². The van der Waals surface area contributed by atoms with E-state index < -0.39 is 5.44 Å². The third-order valence-electron chi connectivity index (χ3n) is 10.4. The van der Waals surface area contributed by atoms with Gasteiger partial charge in [-0.3, -0.25) is 9.99 Å². The first-order valence-corrected chi connectivity index (χ1v) is 15.6. The summed E-state index contributed by atoms with van der Waals surface area (Å²) < 4.78 is 14.0. The summed E-state index contributed by atoms with van der Waals surface area (Å²) >= 11 is 6.92. The van der Waals surface area contributed by atoms with Gasteiger partial charge in [0.2, 0.25) is 0 Å². The van der Waals surface area contributed by atoms with Gasteiger partial charge in [-0.15, -0.1) is 5.53 Å². The molecule has 1 aliphatic heterocycles. The van der Waals surface area contributed by atoms with Gasteiger partial charge in [0.15, 0.2) is 0 Å². The number of hydrogen-bond acceptors (Lipinski definition) is 7. The SMILES string of the molecule is BC(Nc1cc(Cl)c2ncc(C#N)c(NC34CC5CC(CC(C5)C3)C4)c2c1)(C1=CN(C2CC2)NN1)c1ccc(F)cc1. The number of aromatic nitrogens is 1.